The van der Waals surface area contributed by atoms with Crippen LogP contribution in [-0.2, 0) is 4.79 Å². The van der Waals surface area contributed by atoms with Gasteiger partial charge in [0.05, 0.1) is 16.9 Å². The van der Waals surface area contributed by atoms with Gasteiger partial charge in [0.15, 0.2) is 0 Å². The topological polar surface area (TPSA) is 61.1 Å². The Labute approximate surface area is 84.7 Å². The molecule has 0 aromatic carbocycles. The van der Waals surface area contributed by atoms with Gasteiger partial charge in [-0.1, -0.05) is 6.92 Å². The second-order valence-corrected chi connectivity index (χ2v) is 5.27. The second kappa shape index (κ2) is 3.27. The van der Waals surface area contributed by atoms with Crippen LogP contribution in [0.3, 0.4) is 0 Å². The fraction of sp³-hybridized carbons (Fsp3) is 0.818. The zero-order valence-corrected chi connectivity index (χ0v) is 9.00. The third-order valence-corrected chi connectivity index (χ3v) is 3.02. The highest BCUT2D eigenvalue weighted by molar-refractivity contribution is 5.76. The summed E-state index contributed by atoms with van der Waals surface area (Å²) in [6, 6.07) is 2.17. The van der Waals surface area contributed by atoms with Gasteiger partial charge in [-0.2, -0.15) is 5.26 Å². The minimum Gasteiger partial charge on any atom is -0.481 e. The molecule has 78 valence electrons. The van der Waals surface area contributed by atoms with E-state index in [1.807, 2.05) is 0 Å². The van der Waals surface area contributed by atoms with Crippen LogP contribution < -0.4 is 0 Å². The lowest BCUT2D eigenvalue weighted by atomic mass is 9.57. The molecule has 14 heavy (non-hydrogen) atoms. The van der Waals surface area contributed by atoms with Gasteiger partial charge in [0.25, 0.3) is 0 Å². The largest absolute Gasteiger partial charge is 0.481 e. The molecule has 0 aromatic rings. The zero-order chi connectivity index (χ0) is 11.0. The third kappa shape index (κ3) is 1.89. The number of rotatable bonds is 3. The molecule has 0 atom stereocenters. The summed E-state index contributed by atoms with van der Waals surface area (Å²) in [7, 11) is 0. The Morgan fingerprint density at radius 3 is 2.43 bits per heavy atom. The molecule has 3 heteroatoms. The lowest BCUT2D eigenvalue weighted by molar-refractivity contribution is -0.160. The van der Waals surface area contributed by atoms with Gasteiger partial charge < -0.3 is 5.11 Å². The molecule has 1 rings (SSSR count). The minimum absolute atomic E-state index is 0.468. The van der Waals surface area contributed by atoms with E-state index < -0.39 is 16.8 Å². The number of nitrogens with zero attached hydrogens (tertiary/aromatic N) is 1. The van der Waals surface area contributed by atoms with E-state index in [1.165, 1.54) is 0 Å². The third-order valence-electron chi connectivity index (χ3n) is 3.02. The molecule has 1 N–H and O–H groups in total. The van der Waals surface area contributed by atoms with Crippen LogP contribution in [0.1, 0.15) is 40.0 Å². The van der Waals surface area contributed by atoms with Crippen molar-refractivity contribution in [1.82, 2.24) is 0 Å². The van der Waals surface area contributed by atoms with Gasteiger partial charge in [-0.3, -0.25) is 4.79 Å². The first-order valence-electron chi connectivity index (χ1n) is 4.96. The minimum atomic E-state index is -0.737. The van der Waals surface area contributed by atoms with Crippen LogP contribution in [0.4, 0.5) is 0 Å². The maximum absolute atomic E-state index is 11.1. The van der Waals surface area contributed by atoms with Crippen LogP contribution >= 0.6 is 0 Å². The predicted molar refractivity (Wildman–Crippen MR) is 52.5 cm³/mol. The molecule has 0 amide bonds. The summed E-state index contributed by atoms with van der Waals surface area (Å²) < 4.78 is 0. The number of nitriles is 1. The summed E-state index contributed by atoms with van der Waals surface area (Å²) in [5.74, 6) is -0.250. The monoisotopic (exact) mass is 195 g/mol. The van der Waals surface area contributed by atoms with Crippen molar-refractivity contribution in [2.75, 3.05) is 0 Å². The highest BCUT2D eigenvalue weighted by Crippen LogP contribution is 2.52. The molecule has 0 aliphatic heterocycles. The van der Waals surface area contributed by atoms with Crippen molar-refractivity contribution in [3.05, 3.63) is 0 Å². The van der Waals surface area contributed by atoms with Crippen molar-refractivity contribution in [1.29, 1.82) is 5.26 Å². The van der Waals surface area contributed by atoms with Gasteiger partial charge in [-0.05, 0) is 39.0 Å². The van der Waals surface area contributed by atoms with E-state index in [0.717, 1.165) is 0 Å². The average molecular weight is 195 g/mol. The second-order valence-electron chi connectivity index (χ2n) is 5.27. The molecule has 1 saturated carbocycles. The molecule has 0 heterocycles. The Balaban J connectivity index is 2.74. The number of carboxylic acids is 1. The van der Waals surface area contributed by atoms with Crippen molar-refractivity contribution in [2.45, 2.75) is 40.0 Å². The van der Waals surface area contributed by atoms with Crippen molar-refractivity contribution in [2.24, 2.45) is 16.7 Å². The normalized spacial score (nSPS) is 31.7. The van der Waals surface area contributed by atoms with Gasteiger partial charge >= 0.3 is 5.97 Å². The maximum atomic E-state index is 11.1. The molecule has 1 aliphatic rings. The quantitative estimate of drug-likeness (QED) is 0.752. The first-order chi connectivity index (χ1) is 6.31. The molecule has 0 saturated heterocycles. The molecular weight excluding hydrogens is 178 g/mol. The summed E-state index contributed by atoms with van der Waals surface area (Å²) in [6.45, 7) is 5.67. The van der Waals surface area contributed by atoms with E-state index in [1.54, 1.807) is 13.8 Å². The maximum Gasteiger partial charge on any atom is 0.309 e. The Hall–Kier alpha value is -1.04. The fourth-order valence-electron chi connectivity index (χ4n) is 2.55. The highest BCUT2D eigenvalue weighted by atomic mass is 16.4. The van der Waals surface area contributed by atoms with Gasteiger partial charge in [0, 0.05) is 0 Å². The average Bonchev–Trinajstić information content (AvgIpc) is 2.00. The van der Waals surface area contributed by atoms with Gasteiger partial charge in [-0.25, -0.2) is 0 Å². The molecular formula is C11H17NO2. The van der Waals surface area contributed by atoms with E-state index >= 15 is 0 Å². The SMILES string of the molecule is CC1CC(CC(C)(C)C#N)(C(=O)O)C1. The van der Waals surface area contributed by atoms with Crippen molar-refractivity contribution >= 4 is 5.97 Å². The Kier molecular flexibility index (Phi) is 2.58. The van der Waals surface area contributed by atoms with Crippen LogP contribution in [0.15, 0.2) is 0 Å². The Morgan fingerprint density at radius 1 is 1.64 bits per heavy atom. The van der Waals surface area contributed by atoms with E-state index in [9.17, 15) is 4.79 Å². The molecule has 0 aromatic heterocycles. The van der Waals surface area contributed by atoms with Crippen molar-refractivity contribution < 1.29 is 9.90 Å². The lowest BCUT2D eigenvalue weighted by Crippen LogP contribution is -2.45. The molecule has 3 nitrogen and oxygen atoms in total. The standard InChI is InChI=1S/C11H17NO2/c1-8-4-11(5-8,9(13)14)6-10(2,3)7-12/h8H,4-6H2,1-3H3,(H,13,14). The molecule has 0 unspecified atom stereocenters. The van der Waals surface area contributed by atoms with E-state index in [-0.39, 0.29) is 0 Å². The number of carbonyl (C=O) groups is 1. The molecule has 1 aliphatic carbocycles. The Morgan fingerprint density at radius 2 is 2.14 bits per heavy atom. The summed E-state index contributed by atoms with van der Waals surface area (Å²) >= 11 is 0. The fourth-order valence-corrected chi connectivity index (χ4v) is 2.55. The van der Waals surface area contributed by atoms with Crippen LogP contribution in [0.5, 0.6) is 0 Å². The Bertz CT molecular complexity index is 282. The first-order valence-corrected chi connectivity index (χ1v) is 4.96. The number of hydrogen-bond donors (Lipinski definition) is 1. The van der Waals surface area contributed by atoms with Crippen molar-refractivity contribution in [3.8, 4) is 6.07 Å². The first kappa shape index (κ1) is 11.0. The van der Waals surface area contributed by atoms with E-state index in [2.05, 4.69) is 13.0 Å². The van der Waals surface area contributed by atoms with Crippen LogP contribution in [0.25, 0.3) is 0 Å². The smallest absolute Gasteiger partial charge is 0.309 e. The summed E-state index contributed by atoms with van der Waals surface area (Å²) in [5.41, 5.74) is -1.16. The predicted octanol–water partition coefficient (Wildman–Crippen LogP) is 2.43. The number of hydrogen-bond acceptors (Lipinski definition) is 2. The van der Waals surface area contributed by atoms with E-state index in [0.29, 0.717) is 25.2 Å². The number of aliphatic carboxylic acids is 1. The summed E-state index contributed by atoms with van der Waals surface area (Å²) in [4.78, 5) is 11.1. The number of carboxylic acid groups (broad SMARTS) is 1. The van der Waals surface area contributed by atoms with Crippen LogP contribution in [-0.4, -0.2) is 11.1 Å². The van der Waals surface area contributed by atoms with E-state index in [4.69, 9.17) is 10.4 Å². The molecule has 0 bridgehead atoms. The summed E-state index contributed by atoms with van der Waals surface area (Å²) in [6.07, 6.45) is 1.90. The molecule has 0 radical (unpaired) electrons. The van der Waals surface area contributed by atoms with Crippen LogP contribution in [0, 0.1) is 28.1 Å². The highest BCUT2D eigenvalue weighted by Gasteiger charge is 2.51. The molecule has 0 spiro atoms. The van der Waals surface area contributed by atoms with Gasteiger partial charge in [0.1, 0.15) is 0 Å². The summed E-state index contributed by atoms with van der Waals surface area (Å²) in [5, 5.41) is 18.0. The zero-order valence-electron chi connectivity index (χ0n) is 9.00. The van der Waals surface area contributed by atoms with Crippen molar-refractivity contribution in [3.63, 3.8) is 0 Å². The lowest BCUT2D eigenvalue weighted by Gasteiger charge is -2.45. The van der Waals surface area contributed by atoms with Gasteiger partial charge in [-0.15, -0.1) is 0 Å². The van der Waals surface area contributed by atoms with Gasteiger partial charge in [0.2, 0.25) is 0 Å². The van der Waals surface area contributed by atoms with Crippen LogP contribution in [0.2, 0.25) is 0 Å². The molecule has 1 fully saturated rings.